The molecule has 1 aromatic heterocycles. The summed E-state index contributed by atoms with van der Waals surface area (Å²) in [7, 11) is 0. The molecule has 0 saturated carbocycles. The van der Waals surface area contributed by atoms with Gasteiger partial charge in [0.1, 0.15) is 0 Å². The van der Waals surface area contributed by atoms with Gasteiger partial charge in [-0.25, -0.2) is 0 Å². The van der Waals surface area contributed by atoms with Gasteiger partial charge in [0.15, 0.2) is 4.77 Å². The Morgan fingerprint density at radius 1 is 1.37 bits per heavy atom. The van der Waals surface area contributed by atoms with Crippen molar-refractivity contribution in [3.05, 3.63) is 40.2 Å². The maximum atomic E-state index is 12.6. The second kappa shape index (κ2) is 4.85. The largest absolute Gasteiger partial charge is 0.416 e. The molecule has 1 aromatic carbocycles. The summed E-state index contributed by atoms with van der Waals surface area (Å²) in [6.07, 6.45) is -2.37. The van der Waals surface area contributed by atoms with Crippen LogP contribution in [-0.2, 0) is 12.7 Å². The topological polar surface area (TPSA) is 20.7 Å². The minimum atomic E-state index is -4.34. The van der Waals surface area contributed by atoms with Crippen LogP contribution in [0.5, 0.6) is 0 Å². The summed E-state index contributed by atoms with van der Waals surface area (Å²) in [4.78, 5) is 2.81. The Balaban J connectivity index is 2.54. The van der Waals surface area contributed by atoms with Gasteiger partial charge in [0.2, 0.25) is 0 Å². The van der Waals surface area contributed by atoms with Crippen molar-refractivity contribution in [2.45, 2.75) is 26.6 Å². The maximum Gasteiger partial charge on any atom is 0.416 e. The number of rotatable bonds is 2. The van der Waals surface area contributed by atoms with E-state index in [2.05, 4.69) is 4.98 Å². The van der Waals surface area contributed by atoms with Gasteiger partial charge in [0.25, 0.3) is 0 Å². The molecule has 0 unspecified atom stereocenters. The lowest BCUT2D eigenvalue weighted by Gasteiger charge is -2.06. The van der Waals surface area contributed by atoms with E-state index in [0.717, 1.165) is 17.7 Å². The maximum absolute atomic E-state index is 12.6. The number of alkyl halides is 3. The quantitative estimate of drug-likeness (QED) is 0.627. The highest BCUT2D eigenvalue weighted by molar-refractivity contribution is 7.71. The fraction of sp³-hybridized carbons (Fsp3) is 0.308. The van der Waals surface area contributed by atoms with E-state index in [9.17, 15) is 13.2 Å². The molecule has 0 aliphatic rings. The summed E-state index contributed by atoms with van der Waals surface area (Å²) in [6.45, 7) is 4.47. The van der Waals surface area contributed by atoms with Crippen molar-refractivity contribution in [3.8, 4) is 0 Å². The molecule has 0 aliphatic heterocycles. The van der Waals surface area contributed by atoms with Crippen LogP contribution in [-0.4, -0.2) is 9.55 Å². The Kier molecular flexibility index (Phi) is 3.54. The number of nitrogens with one attached hydrogen (secondary N) is 1. The number of hydrogen-bond acceptors (Lipinski definition) is 1. The number of H-pyrrole nitrogens is 1. The van der Waals surface area contributed by atoms with E-state index in [4.69, 9.17) is 12.2 Å². The van der Waals surface area contributed by atoms with Gasteiger partial charge in [-0.15, -0.1) is 0 Å². The van der Waals surface area contributed by atoms with Gasteiger partial charge in [-0.1, -0.05) is 11.6 Å². The normalized spacial score (nSPS) is 11.8. The summed E-state index contributed by atoms with van der Waals surface area (Å²) in [6, 6.07) is 3.61. The molecule has 1 heterocycles. The molecule has 0 amide bonds. The summed E-state index contributed by atoms with van der Waals surface area (Å²) in [5.41, 5.74) is 1.53. The monoisotopic (exact) mass is 286 g/mol. The first-order valence-corrected chi connectivity index (χ1v) is 6.13. The molecule has 0 saturated heterocycles. The highest BCUT2D eigenvalue weighted by atomic mass is 32.1. The second-order valence-electron chi connectivity index (χ2n) is 4.55. The molecular formula is C13H13F3N2S. The molecule has 6 heteroatoms. The van der Waals surface area contributed by atoms with Crippen molar-refractivity contribution in [2.75, 3.05) is 0 Å². The van der Waals surface area contributed by atoms with Crippen LogP contribution in [0.15, 0.2) is 29.8 Å². The molecule has 0 atom stereocenters. The lowest BCUT2D eigenvalue weighted by molar-refractivity contribution is -0.137. The molecule has 0 spiro atoms. The van der Waals surface area contributed by atoms with Crippen molar-refractivity contribution in [1.29, 1.82) is 0 Å². The predicted octanol–water partition coefficient (Wildman–Crippen LogP) is 4.68. The van der Waals surface area contributed by atoms with Gasteiger partial charge in [-0.05, 0) is 44.3 Å². The second-order valence-corrected chi connectivity index (χ2v) is 4.94. The van der Waals surface area contributed by atoms with Gasteiger partial charge >= 0.3 is 6.18 Å². The number of imidazole rings is 1. The Bertz CT molecular complexity index is 688. The first kappa shape index (κ1) is 13.9. The van der Waals surface area contributed by atoms with Crippen LogP contribution >= 0.6 is 12.2 Å². The SMILES string of the molecule is CC(C)=CCn1c(=S)[nH]c2cc(C(F)(F)F)ccc21. The molecule has 2 nitrogen and oxygen atoms in total. The van der Waals surface area contributed by atoms with E-state index in [-0.39, 0.29) is 0 Å². The van der Waals surface area contributed by atoms with Crippen LogP contribution in [0.2, 0.25) is 0 Å². The average Bonchev–Trinajstić information content (AvgIpc) is 2.59. The zero-order valence-electron chi connectivity index (χ0n) is 10.5. The van der Waals surface area contributed by atoms with Crippen molar-refractivity contribution >= 4 is 23.3 Å². The van der Waals surface area contributed by atoms with E-state index in [1.165, 1.54) is 6.07 Å². The minimum Gasteiger partial charge on any atom is -0.331 e. The Labute approximate surface area is 113 Å². The van der Waals surface area contributed by atoms with Gasteiger partial charge in [0.05, 0.1) is 16.6 Å². The number of fused-ring (bicyclic) bond motifs is 1. The van der Waals surface area contributed by atoms with Crippen LogP contribution < -0.4 is 0 Å². The summed E-state index contributed by atoms with van der Waals surface area (Å²) in [5.74, 6) is 0. The molecular weight excluding hydrogens is 273 g/mol. The summed E-state index contributed by atoms with van der Waals surface area (Å²) < 4.78 is 40.1. The fourth-order valence-electron chi connectivity index (χ4n) is 1.80. The lowest BCUT2D eigenvalue weighted by atomic mass is 10.2. The highest BCUT2D eigenvalue weighted by Crippen LogP contribution is 2.31. The number of aromatic nitrogens is 2. The molecule has 0 bridgehead atoms. The van der Waals surface area contributed by atoms with E-state index < -0.39 is 11.7 Å². The average molecular weight is 286 g/mol. The van der Waals surface area contributed by atoms with Crippen molar-refractivity contribution < 1.29 is 13.2 Å². The number of halogens is 3. The van der Waals surface area contributed by atoms with E-state index in [1.54, 1.807) is 4.57 Å². The minimum absolute atomic E-state index is 0.405. The number of aromatic amines is 1. The molecule has 0 radical (unpaired) electrons. The van der Waals surface area contributed by atoms with Crippen molar-refractivity contribution in [3.63, 3.8) is 0 Å². The van der Waals surface area contributed by atoms with Crippen molar-refractivity contribution in [2.24, 2.45) is 0 Å². The molecule has 0 fully saturated rings. The molecule has 19 heavy (non-hydrogen) atoms. The molecule has 0 aliphatic carbocycles. The van der Waals surface area contributed by atoms with Crippen LogP contribution in [0, 0.1) is 4.77 Å². The van der Waals surface area contributed by atoms with Crippen molar-refractivity contribution in [1.82, 2.24) is 9.55 Å². The third-order valence-electron chi connectivity index (χ3n) is 2.78. The van der Waals surface area contributed by atoms with Crippen LogP contribution in [0.4, 0.5) is 13.2 Å². The third kappa shape index (κ3) is 2.89. The molecule has 2 rings (SSSR count). The van der Waals surface area contributed by atoms with Gasteiger partial charge in [0, 0.05) is 6.54 Å². The summed E-state index contributed by atoms with van der Waals surface area (Å²) in [5, 5.41) is 0. The molecule has 102 valence electrons. The van der Waals surface area contributed by atoms with Crippen LogP contribution in [0.3, 0.4) is 0 Å². The first-order chi connectivity index (χ1) is 8.79. The van der Waals surface area contributed by atoms with E-state index in [0.29, 0.717) is 22.3 Å². The number of benzene rings is 1. The zero-order valence-corrected chi connectivity index (χ0v) is 11.3. The number of hydrogen-bond donors (Lipinski definition) is 1. The Hall–Kier alpha value is -1.56. The van der Waals surface area contributed by atoms with E-state index in [1.807, 2.05) is 19.9 Å². The Morgan fingerprint density at radius 2 is 2.05 bits per heavy atom. The molecule has 1 N–H and O–H groups in total. The highest BCUT2D eigenvalue weighted by Gasteiger charge is 2.30. The zero-order chi connectivity index (χ0) is 14.2. The number of nitrogens with zero attached hydrogens (tertiary/aromatic N) is 1. The van der Waals surface area contributed by atoms with Gasteiger partial charge < -0.3 is 9.55 Å². The van der Waals surface area contributed by atoms with Crippen LogP contribution in [0.1, 0.15) is 19.4 Å². The van der Waals surface area contributed by atoms with E-state index >= 15 is 0 Å². The standard InChI is InChI=1S/C13H13F3N2S/c1-8(2)5-6-18-11-4-3-9(13(14,15)16)7-10(11)17-12(18)19/h3-5,7H,6H2,1-2H3,(H,17,19). The summed E-state index contributed by atoms with van der Waals surface area (Å²) >= 11 is 5.14. The van der Waals surface area contributed by atoms with Gasteiger partial charge in [-0.2, -0.15) is 13.2 Å². The fourth-order valence-corrected chi connectivity index (χ4v) is 2.08. The predicted molar refractivity (Wildman–Crippen MR) is 71.6 cm³/mol. The Morgan fingerprint density at radius 3 is 2.63 bits per heavy atom. The van der Waals surface area contributed by atoms with Crippen LogP contribution in [0.25, 0.3) is 11.0 Å². The molecule has 2 aromatic rings. The third-order valence-corrected chi connectivity index (χ3v) is 3.11. The van der Waals surface area contributed by atoms with Gasteiger partial charge in [-0.3, -0.25) is 0 Å². The number of allylic oxidation sites excluding steroid dienone is 2. The smallest absolute Gasteiger partial charge is 0.331 e. The lowest BCUT2D eigenvalue weighted by Crippen LogP contribution is -2.04. The first-order valence-electron chi connectivity index (χ1n) is 5.72.